The Hall–Kier alpha value is -1.22. The molecule has 0 saturated carbocycles. The summed E-state index contributed by atoms with van der Waals surface area (Å²) >= 11 is 6.09. The summed E-state index contributed by atoms with van der Waals surface area (Å²) in [5, 5.41) is 9.33. The number of carboxylic acid groups (broad SMARTS) is 1. The minimum Gasteiger partial charge on any atom is -0.496 e. The smallest absolute Gasteiger partial charge is 0.303 e. The van der Waals surface area contributed by atoms with Crippen LogP contribution in [0.2, 0.25) is 5.02 Å². The highest BCUT2D eigenvalue weighted by molar-refractivity contribution is 6.31. The summed E-state index contributed by atoms with van der Waals surface area (Å²) in [5.74, 6) is -0.223. The predicted octanol–water partition coefficient (Wildman–Crippen LogP) is 3.24. The molecule has 1 unspecified atom stereocenters. The zero-order valence-electron chi connectivity index (χ0n) is 9.58. The third-order valence-corrected chi connectivity index (χ3v) is 2.85. The van der Waals surface area contributed by atoms with Gasteiger partial charge in [0, 0.05) is 5.02 Å². The SMILES string of the molecule is COc1cc(C(C)CC(=O)O)c(Cl)cc1C. The summed E-state index contributed by atoms with van der Waals surface area (Å²) in [6.07, 6.45) is 0.0614. The molecule has 0 bridgehead atoms. The maximum Gasteiger partial charge on any atom is 0.303 e. The van der Waals surface area contributed by atoms with E-state index in [2.05, 4.69) is 0 Å². The largest absolute Gasteiger partial charge is 0.496 e. The zero-order valence-corrected chi connectivity index (χ0v) is 10.3. The number of ether oxygens (including phenoxy) is 1. The van der Waals surface area contributed by atoms with Crippen molar-refractivity contribution >= 4 is 17.6 Å². The van der Waals surface area contributed by atoms with Gasteiger partial charge in [0.2, 0.25) is 0 Å². The highest BCUT2D eigenvalue weighted by Crippen LogP contribution is 2.32. The van der Waals surface area contributed by atoms with Crippen LogP contribution in [0.4, 0.5) is 0 Å². The number of benzene rings is 1. The molecule has 0 radical (unpaired) electrons. The Kier molecular flexibility index (Phi) is 4.19. The number of hydrogen-bond acceptors (Lipinski definition) is 2. The number of carboxylic acids is 1. The lowest BCUT2D eigenvalue weighted by atomic mass is 9.96. The van der Waals surface area contributed by atoms with E-state index in [9.17, 15) is 4.79 Å². The Morgan fingerprint density at radius 3 is 2.69 bits per heavy atom. The van der Waals surface area contributed by atoms with Gasteiger partial charge in [-0.05, 0) is 36.1 Å². The molecule has 0 fully saturated rings. The van der Waals surface area contributed by atoms with Crippen molar-refractivity contribution in [1.29, 1.82) is 0 Å². The Bertz CT molecular complexity index is 401. The second-order valence-electron chi connectivity index (χ2n) is 3.84. The number of aryl methyl sites for hydroxylation is 1. The van der Waals surface area contributed by atoms with Crippen molar-refractivity contribution in [2.45, 2.75) is 26.2 Å². The maximum atomic E-state index is 10.6. The van der Waals surface area contributed by atoms with Gasteiger partial charge in [0.1, 0.15) is 5.75 Å². The van der Waals surface area contributed by atoms with Crippen LogP contribution in [0, 0.1) is 6.92 Å². The molecule has 4 heteroatoms. The molecule has 3 nitrogen and oxygen atoms in total. The molecule has 0 heterocycles. The monoisotopic (exact) mass is 242 g/mol. The third kappa shape index (κ3) is 2.89. The number of rotatable bonds is 4. The number of hydrogen-bond donors (Lipinski definition) is 1. The van der Waals surface area contributed by atoms with Crippen molar-refractivity contribution in [3.8, 4) is 5.75 Å². The number of halogens is 1. The average molecular weight is 243 g/mol. The van der Waals surface area contributed by atoms with Crippen LogP contribution in [0.5, 0.6) is 5.75 Å². The van der Waals surface area contributed by atoms with E-state index >= 15 is 0 Å². The first-order chi connectivity index (χ1) is 7.45. The molecule has 0 amide bonds. The molecule has 1 aromatic rings. The van der Waals surface area contributed by atoms with Gasteiger partial charge in [0.25, 0.3) is 0 Å². The molecular formula is C12H15ClO3. The summed E-state index contributed by atoms with van der Waals surface area (Å²) in [7, 11) is 1.59. The first kappa shape index (κ1) is 12.8. The van der Waals surface area contributed by atoms with Crippen LogP contribution in [-0.2, 0) is 4.79 Å². The van der Waals surface area contributed by atoms with Crippen LogP contribution in [0.1, 0.15) is 30.4 Å². The van der Waals surface area contributed by atoms with Crippen molar-refractivity contribution < 1.29 is 14.6 Å². The quantitative estimate of drug-likeness (QED) is 0.882. The van der Waals surface area contributed by atoms with Gasteiger partial charge < -0.3 is 9.84 Å². The fourth-order valence-electron chi connectivity index (χ4n) is 1.64. The number of methoxy groups -OCH3 is 1. The highest BCUT2D eigenvalue weighted by Gasteiger charge is 2.15. The van der Waals surface area contributed by atoms with Gasteiger partial charge in [-0.25, -0.2) is 0 Å². The van der Waals surface area contributed by atoms with Crippen molar-refractivity contribution in [1.82, 2.24) is 0 Å². The molecule has 0 aromatic heterocycles. The topological polar surface area (TPSA) is 46.5 Å². The Morgan fingerprint density at radius 1 is 1.56 bits per heavy atom. The second kappa shape index (κ2) is 5.21. The molecular weight excluding hydrogens is 228 g/mol. The molecule has 0 aliphatic rings. The summed E-state index contributed by atoms with van der Waals surface area (Å²) in [6, 6.07) is 3.61. The maximum absolute atomic E-state index is 10.6. The average Bonchev–Trinajstić information content (AvgIpc) is 2.16. The normalized spacial score (nSPS) is 12.2. The van der Waals surface area contributed by atoms with Gasteiger partial charge in [-0.3, -0.25) is 4.79 Å². The van der Waals surface area contributed by atoms with Crippen molar-refractivity contribution in [2.75, 3.05) is 7.11 Å². The summed E-state index contributed by atoms with van der Waals surface area (Å²) in [6.45, 7) is 3.74. The van der Waals surface area contributed by atoms with Gasteiger partial charge in [0.15, 0.2) is 0 Å². The molecule has 0 aliphatic carbocycles. The van der Waals surface area contributed by atoms with Crippen LogP contribution < -0.4 is 4.74 Å². The number of carbonyl (C=O) groups is 1. The van der Waals surface area contributed by atoms with Gasteiger partial charge in [0.05, 0.1) is 13.5 Å². The van der Waals surface area contributed by atoms with Crippen LogP contribution >= 0.6 is 11.6 Å². The van der Waals surface area contributed by atoms with Gasteiger partial charge in [-0.1, -0.05) is 18.5 Å². The summed E-state index contributed by atoms with van der Waals surface area (Å²) in [4.78, 5) is 10.6. The van der Waals surface area contributed by atoms with E-state index in [-0.39, 0.29) is 12.3 Å². The molecule has 1 rings (SSSR count). The molecule has 1 N–H and O–H groups in total. The fraction of sp³-hybridized carbons (Fsp3) is 0.417. The third-order valence-electron chi connectivity index (χ3n) is 2.53. The molecule has 16 heavy (non-hydrogen) atoms. The van der Waals surface area contributed by atoms with E-state index < -0.39 is 5.97 Å². The van der Waals surface area contributed by atoms with E-state index in [1.54, 1.807) is 13.2 Å². The molecule has 1 aromatic carbocycles. The predicted molar refractivity (Wildman–Crippen MR) is 63.4 cm³/mol. The second-order valence-corrected chi connectivity index (χ2v) is 4.25. The standard InChI is InChI=1S/C12H15ClO3/c1-7(5-12(14)15)9-6-11(16-3)8(2)4-10(9)13/h4,6-7H,5H2,1-3H3,(H,14,15). The van der Waals surface area contributed by atoms with Gasteiger partial charge in [-0.2, -0.15) is 0 Å². The van der Waals surface area contributed by atoms with E-state index in [1.807, 2.05) is 19.9 Å². The first-order valence-corrected chi connectivity index (χ1v) is 5.39. The van der Waals surface area contributed by atoms with E-state index in [0.717, 1.165) is 16.9 Å². The minimum atomic E-state index is -0.830. The lowest BCUT2D eigenvalue weighted by molar-refractivity contribution is -0.137. The van der Waals surface area contributed by atoms with Crippen molar-refractivity contribution in [3.63, 3.8) is 0 Å². The summed E-state index contributed by atoms with van der Waals surface area (Å²) in [5.41, 5.74) is 1.75. The van der Waals surface area contributed by atoms with Crippen LogP contribution in [0.15, 0.2) is 12.1 Å². The molecule has 0 spiro atoms. The Morgan fingerprint density at radius 2 is 2.19 bits per heavy atom. The highest BCUT2D eigenvalue weighted by atomic mass is 35.5. The van der Waals surface area contributed by atoms with Gasteiger partial charge >= 0.3 is 5.97 Å². The summed E-state index contributed by atoms with van der Waals surface area (Å²) < 4.78 is 5.19. The van der Waals surface area contributed by atoms with E-state index in [4.69, 9.17) is 21.4 Å². The van der Waals surface area contributed by atoms with E-state index in [0.29, 0.717) is 5.02 Å². The Labute approximate surface area is 100.0 Å². The van der Waals surface area contributed by atoms with Crippen LogP contribution in [0.25, 0.3) is 0 Å². The molecule has 1 atom stereocenters. The van der Waals surface area contributed by atoms with Gasteiger partial charge in [-0.15, -0.1) is 0 Å². The lowest BCUT2D eigenvalue weighted by Gasteiger charge is -2.14. The van der Waals surface area contributed by atoms with E-state index in [1.165, 1.54) is 0 Å². The Balaban J connectivity index is 3.08. The van der Waals surface area contributed by atoms with Crippen LogP contribution in [0.3, 0.4) is 0 Å². The molecule has 0 aliphatic heterocycles. The molecule has 88 valence electrons. The first-order valence-electron chi connectivity index (χ1n) is 5.01. The fourth-order valence-corrected chi connectivity index (χ4v) is 2.04. The molecule has 0 saturated heterocycles. The zero-order chi connectivity index (χ0) is 12.3. The number of aliphatic carboxylic acids is 1. The van der Waals surface area contributed by atoms with Crippen molar-refractivity contribution in [3.05, 3.63) is 28.3 Å². The van der Waals surface area contributed by atoms with Crippen molar-refractivity contribution in [2.24, 2.45) is 0 Å². The minimum absolute atomic E-state index is 0.0614. The van der Waals surface area contributed by atoms with Crippen LogP contribution in [-0.4, -0.2) is 18.2 Å². The lowest BCUT2D eigenvalue weighted by Crippen LogP contribution is -2.04.